The van der Waals surface area contributed by atoms with E-state index in [-0.39, 0.29) is 33.2 Å². The molecule has 2 aromatic heterocycles. The smallest absolute Gasteiger partial charge is 0.352 e. The van der Waals surface area contributed by atoms with Crippen LogP contribution in [-0.2, 0) is 0 Å². The first-order chi connectivity index (χ1) is 10.8. The number of aryl methyl sites for hydroxylation is 1. The van der Waals surface area contributed by atoms with Crippen molar-refractivity contribution in [1.82, 2.24) is 9.97 Å². The zero-order valence-electron chi connectivity index (χ0n) is 11.8. The van der Waals surface area contributed by atoms with E-state index in [9.17, 15) is 19.2 Å². The summed E-state index contributed by atoms with van der Waals surface area (Å²) in [5.41, 5.74) is -1.00. The summed E-state index contributed by atoms with van der Waals surface area (Å²) in [6.45, 7) is 1.62. The van der Waals surface area contributed by atoms with Crippen molar-refractivity contribution in [3.05, 3.63) is 55.6 Å². The third-order valence-electron chi connectivity index (χ3n) is 3.57. The summed E-state index contributed by atoms with van der Waals surface area (Å²) in [5, 5.41) is 18.3. The first-order valence-corrected chi connectivity index (χ1v) is 6.50. The summed E-state index contributed by atoms with van der Waals surface area (Å²) in [5.74, 6) is -2.63. The average molecular weight is 314 g/mol. The molecule has 0 spiro atoms. The number of fused-ring (bicyclic) bond motifs is 3. The van der Waals surface area contributed by atoms with Crippen molar-refractivity contribution in [1.29, 1.82) is 0 Å². The summed E-state index contributed by atoms with van der Waals surface area (Å²) >= 11 is 0. The number of rotatable bonds is 2. The maximum Gasteiger partial charge on any atom is 0.352 e. The number of carboxylic acids is 2. The minimum Gasteiger partial charge on any atom is -0.477 e. The quantitative estimate of drug-likeness (QED) is 0.522. The Morgan fingerprint density at radius 1 is 0.870 bits per heavy atom. The van der Waals surface area contributed by atoms with Crippen LogP contribution in [0.2, 0.25) is 0 Å². The standard InChI is InChI=1S/C15H10N2O6/c1-5-2-6-9(18)3-7(14(20)21)17-13(6)11-10(19)4-8(15(22)23)16-12(5)11/h2-4H,1H3,(H,16,19)(H,17,18)(H,20,21)(H,22,23). The first-order valence-electron chi connectivity index (χ1n) is 6.50. The van der Waals surface area contributed by atoms with E-state index >= 15 is 0 Å². The van der Waals surface area contributed by atoms with Crippen LogP contribution >= 0.6 is 0 Å². The lowest BCUT2D eigenvalue weighted by Crippen LogP contribution is -2.15. The van der Waals surface area contributed by atoms with Gasteiger partial charge in [-0.3, -0.25) is 9.59 Å². The summed E-state index contributed by atoms with van der Waals surface area (Å²) in [6, 6.07) is 3.31. The Bertz CT molecular complexity index is 1120. The molecule has 116 valence electrons. The van der Waals surface area contributed by atoms with Crippen molar-refractivity contribution in [2.45, 2.75) is 6.92 Å². The molecule has 0 aliphatic carbocycles. The Morgan fingerprint density at radius 2 is 1.39 bits per heavy atom. The summed E-state index contributed by atoms with van der Waals surface area (Å²) in [6.07, 6.45) is 0. The van der Waals surface area contributed by atoms with Crippen LogP contribution in [0.3, 0.4) is 0 Å². The molecule has 0 saturated heterocycles. The lowest BCUT2D eigenvalue weighted by Gasteiger charge is -2.08. The van der Waals surface area contributed by atoms with Crippen LogP contribution in [0.5, 0.6) is 0 Å². The molecular formula is C15H10N2O6. The topological polar surface area (TPSA) is 140 Å². The number of carboxylic acid groups (broad SMARTS) is 2. The molecule has 2 heterocycles. The van der Waals surface area contributed by atoms with Crippen LogP contribution in [0.1, 0.15) is 26.5 Å². The zero-order chi connectivity index (χ0) is 16.9. The maximum atomic E-state index is 12.3. The van der Waals surface area contributed by atoms with E-state index in [1.165, 1.54) is 6.07 Å². The number of H-pyrrole nitrogens is 2. The largest absolute Gasteiger partial charge is 0.477 e. The Kier molecular flexibility index (Phi) is 3.03. The molecule has 0 aliphatic heterocycles. The third-order valence-corrected chi connectivity index (χ3v) is 3.57. The van der Waals surface area contributed by atoms with Gasteiger partial charge in [0.1, 0.15) is 11.4 Å². The van der Waals surface area contributed by atoms with Gasteiger partial charge in [-0.1, -0.05) is 0 Å². The van der Waals surface area contributed by atoms with Gasteiger partial charge < -0.3 is 20.2 Å². The van der Waals surface area contributed by atoms with Crippen LogP contribution in [0.4, 0.5) is 0 Å². The highest BCUT2D eigenvalue weighted by molar-refractivity contribution is 6.07. The Hall–Kier alpha value is -3.42. The number of hydrogen-bond acceptors (Lipinski definition) is 4. The molecule has 8 nitrogen and oxygen atoms in total. The van der Waals surface area contributed by atoms with Crippen LogP contribution in [0, 0.1) is 6.92 Å². The van der Waals surface area contributed by atoms with E-state index in [4.69, 9.17) is 10.2 Å². The number of aromatic carboxylic acids is 2. The fourth-order valence-electron chi connectivity index (χ4n) is 2.53. The number of pyridine rings is 2. The van der Waals surface area contributed by atoms with Gasteiger partial charge in [0, 0.05) is 17.5 Å². The lowest BCUT2D eigenvalue weighted by molar-refractivity contribution is 0.0680. The van der Waals surface area contributed by atoms with Crippen LogP contribution in [-0.4, -0.2) is 32.1 Å². The van der Waals surface area contributed by atoms with Crippen molar-refractivity contribution in [3.63, 3.8) is 0 Å². The second kappa shape index (κ2) is 4.80. The average Bonchev–Trinajstić information content (AvgIpc) is 2.47. The second-order valence-electron chi connectivity index (χ2n) is 5.07. The van der Waals surface area contributed by atoms with E-state index in [1.807, 2.05) is 0 Å². The minimum atomic E-state index is -1.34. The molecule has 0 bridgehead atoms. The Balaban J connectivity index is 2.61. The highest BCUT2D eigenvalue weighted by Gasteiger charge is 2.16. The maximum absolute atomic E-state index is 12.3. The predicted octanol–water partition coefficient (Wildman–Crippen LogP) is 1.07. The molecule has 1 aromatic carbocycles. The second-order valence-corrected chi connectivity index (χ2v) is 5.07. The lowest BCUT2D eigenvalue weighted by atomic mass is 10.0. The monoisotopic (exact) mass is 314 g/mol. The summed E-state index contributed by atoms with van der Waals surface area (Å²) < 4.78 is 0. The SMILES string of the molecule is Cc1cc2c(=O)cc(C(=O)O)[nH]c2c2c(=O)cc(C(=O)O)[nH]c12. The van der Waals surface area contributed by atoms with Crippen molar-refractivity contribution in [2.75, 3.05) is 0 Å². The van der Waals surface area contributed by atoms with E-state index in [1.54, 1.807) is 6.92 Å². The van der Waals surface area contributed by atoms with Gasteiger partial charge >= 0.3 is 11.9 Å². The fraction of sp³-hybridized carbons (Fsp3) is 0.0667. The molecule has 0 unspecified atom stereocenters. The molecular weight excluding hydrogens is 304 g/mol. The molecule has 0 atom stereocenters. The van der Waals surface area contributed by atoms with Crippen molar-refractivity contribution in [2.24, 2.45) is 0 Å². The number of aromatic nitrogens is 2. The molecule has 23 heavy (non-hydrogen) atoms. The van der Waals surface area contributed by atoms with Gasteiger partial charge in [-0.15, -0.1) is 0 Å². The minimum absolute atomic E-state index is 0.0465. The number of aromatic amines is 2. The Morgan fingerprint density at radius 3 is 1.96 bits per heavy atom. The van der Waals surface area contributed by atoms with Gasteiger partial charge in [-0.25, -0.2) is 9.59 Å². The molecule has 0 radical (unpaired) electrons. The van der Waals surface area contributed by atoms with Crippen molar-refractivity contribution >= 4 is 33.7 Å². The normalized spacial score (nSPS) is 11.0. The number of hydrogen-bond donors (Lipinski definition) is 4. The molecule has 4 N–H and O–H groups in total. The highest BCUT2D eigenvalue weighted by Crippen LogP contribution is 2.22. The van der Waals surface area contributed by atoms with E-state index < -0.39 is 22.8 Å². The molecule has 0 fully saturated rings. The van der Waals surface area contributed by atoms with E-state index in [0.717, 1.165) is 12.1 Å². The van der Waals surface area contributed by atoms with Gasteiger partial charge in [-0.2, -0.15) is 0 Å². The summed E-state index contributed by atoms with van der Waals surface area (Å²) in [7, 11) is 0. The molecule has 3 aromatic rings. The van der Waals surface area contributed by atoms with Crippen molar-refractivity contribution < 1.29 is 19.8 Å². The van der Waals surface area contributed by atoms with Gasteiger partial charge in [-0.05, 0) is 18.6 Å². The number of nitrogens with one attached hydrogen (secondary N) is 2. The van der Waals surface area contributed by atoms with E-state index in [2.05, 4.69) is 9.97 Å². The van der Waals surface area contributed by atoms with E-state index in [0.29, 0.717) is 5.56 Å². The predicted molar refractivity (Wildman–Crippen MR) is 81.4 cm³/mol. The number of benzene rings is 1. The first kappa shape index (κ1) is 14.5. The highest BCUT2D eigenvalue weighted by atomic mass is 16.4. The number of carbonyl (C=O) groups is 2. The van der Waals surface area contributed by atoms with Crippen LogP contribution in [0.15, 0.2) is 27.8 Å². The van der Waals surface area contributed by atoms with Crippen LogP contribution in [0.25, 0.3) is 21.8 Å². The van der Waals surface area contributed by atoms with Gasteiger partial charge in [0.2, 0.25) is 0 Å². The van der Waals surface area contributed by atoms with Gasteiger partial charge in [0.05, 0.1) is 16.4 Å². The molecule has 0 aliphatic rings. The molecule has 0 saturated carbocycles. The van der Waals surface area contributed by atoms with Gasteiger partial charge in [0.25, 0.3) is 0 Å². The summed E-state index contributed by atoms with van der Waals surface area (Å²) in [4.78, 5) is 51.8. The van der Waals surface area contributed by atoms with Crippen molar-refractivity contribution in [3.8, 4) is 0 Å². The zero-order valence-corrected chi connectivity index (χ0v) is 11.8. The molecule has 0 amide bonds. The van der Waals surface area contributed by atoms with Crippen LogP contribution < -0.4 is 10.9 Å². The third kappa shape index (κ3) is 2.16. The Labute approximate surface area is 127 Å². The van der Waals surface area contributed by atoms with Gasteiger partial charge in [0.15, 0.2) is 10.9 Å². The fourth-order valence-corrected chi connectivity index (χ4v) is 2.53. The molecule has 3 rings (SSSR count). The molecule has 8 heteroatoms.